The van der Waals surface area contributed by atoms with Gasteiger partial charge in [-0.2, -0.15) is 0 Å². The summed E-state index contributed by atoms with van der Waals surface area (Å²) in [6.07, 6.45) is 3.08. The normalized spacial score (nSPS) is 15.2. The number of carbonyl (C=O) groups is 1. The number of likely N-dealkylation sites (N-methyl/N-ethyl adjacent to an activating group) is 1. The largest absolute Gasteiger partial charge is 0.338 e. The average molecular weight is 380 g/mol. The molecule has 25 heavy (non-hydrogen) atoms. The Hall–Kier alpha value is -1.89. The molecular formula is C17H19Cl2N5O. The van der Waals surface area contributed by atoms with Crippen molar-refractivity contribution in [2.24, 2.45) is 0 Å². The summed E-state index contributed by atoms with van der Waals surface area (Å²) in [4.78, 5) is 25.5. The van der Waals surface area contributed by atoms with Crippen LogP contribution in [0.4, 0.5) is 11.6 Å². The maximum atomic E-state index is 12.3. The molecule has 0 atom stereocenters. The molecule has 1 amide bonds. The third-order valence-corrected chi connectivity index (χ3v) is 4.56. The highest BCUT2D eigenvalue weighted by Gasteiger charge is 2.18. The van der Waals surface area contributed by atoms with Crippen molar-refractivity contribution in [3.63, 3.8) is 0 Å². The van der Waals surface area contributed by atoms with Crippen LogP contribution < -0.4 is 10.2 Å². The standard InChI is InChI=1S/C17H19Cl2N5O/c1-2-23-3-5-24(6-4-23)17-20-10-12(11-21-17)16(25)22-15-8-13(18)7-14(19)9-15/h7-11H,2-6H2,1H3,(H,22,25). The Balaban J connectivity index is 1.64. The topological polar surface area (TPSA) is 61.4 Å². The van der Waals surface area contributed by atoms with Crippen LogP contribution >= 0.6 is 23.2 Å². The Kier molecular flexibility index (Phi) is 5.73. The van der Waals surface area contributed by atoms with E-state index in [0.717, 1.165) is 32.7 Å². The van der Waals surface area contributed by atoms with Crippen LogP contribution in [0.5, 0.6) is 0 Å². The molecule has 1 N–H and O–H groups in total. The quantitative estimate of drug-likeness (QED) is 0.883. The summed E-state index contributed by atoms with van der Waals surface area (Å²) in [5, 5.41) is 3.66. The van der Waals surface area contributed by atoms with Crippen molar-refractivity contribution < 1.29 is 4.79 Å². The Morgan fingerprint density at radius 2 is 1.68 bits per heavy atom. The average Bonchev–Trinajstić information content (AvgIpc) is 2.61. The van der Waals surface area contributed by atoms with E-state index in [1.807, 2.05) is 0 Å². The first-order valence-electron chi connectivity index (χ1n) is 8.12. The smallest absolute Gasteiger partial charge is 0.258 e. The second-order valence-corrected chi connectivity index (χ2v) is 6.68. The Labute approximate surface area is 156 Å². The second kappa shape index (κ2) is 7.99. The van der Waals surface area contributed by atoms with Crippen molar-refractivity contribution in [2.45, 2.75) is 6.92 Å². The van der Waals surface area contributed by atoms with Gasteiger partial charge in [-0.3, -0.25) is 4.79 Å². The van der Waals surface area contributed by atoms with Crippen molar-refractivity contribution in [1.82, 2.24) is 14.9 Å². The van der Waals surface area contributed by atoms with E-state index in [0.29, 0.717) is 27.2 Å². The molecule has 1 aromatic heterocycles. The molecule has 8 heteroatoms. The molecule has 6 nitrogen and oxygen atoms in total. The Morgan fingerprint density at radius 1 is 1.08 bits per heavy atom. The highest BCUT2D eigenvalue weighted by molar-refractivity contribution is 6.35. The second-order valence-electron chi connectivity index (χ2n) is 5.81. The molecule has 2 aromatic rings. The highest BCUT2D eigenvalue weighted by Crippen LogP contribution is 2.23. The van der Waals surface area contributed by atoms with Gasteiger partial charge in [0.2, 0.25) is 5.95 Å². The number of aromatic nitrogens is 2. The lowest BCUT2D eigenvalue weighted by molar-refractivity contribution is 0.102. The third kappa shape index (κ3) is 4.60. The van der Waals surface area contributed by atoms with Crippen LogP contribution in [0.3, 0.4) is 0 Å². The molecule has 3 rings (SSSR count). The van der Waals surface area contributed by atoms with E-state index in [9.17, 15) is 4.79 Å². The van der Waals surface area contributed by atoms with Crippen molar-refractivity contribution >= 4 is 40.7 Å². The number of benzene rings is 1. The SMILES string of the molecule is CCN1CCN(c2ncc(C(=O)Nc3cc(Cl)cc(Cl)c3)cn2)CC1. The first kappa shape index (κ1) is 17.9. The summed E-state index contributed by atoms with van der Waals surface area (Å²) >= 11 is 11.9. The van der Waals surface area contributed by atoms with Gasteiger partial charge in [0.1, 0.15) is 0 Å². The number of amides is 1. The molecule has 2 heterocycles. The maximum Gasteiger partial charge on any atom is 0.258 e. The van der Waals surface area contributed by atoms with E-state index in [1.54, 1.807) is 18.2 Å². The number of halogens is 2. The number of nitrogens with one attached hydrogen (secondary N) is 1. The lowest BCUT2D eigenvalue weighted by atomic mass is 10.2. The molecule has 0 spiro atoms. The summed E-state index contributed by atoms with van der Waals surface area (Å²) in [6.45, 7) is 6.99. The minimum atomic E-state index is -0.305. The zero-order chi connectivity index (χ0) is 17.8. The predicted octanol–water partition coefficient (Wildman–Crippen LogP) is 3.18. The summed E-state index contributed by atoms with van der Waals surface area (Å²) in [5.74, 6) is 0.346. The molecule has 1 fully saturated rings. The molecule has 1 aromatic carbocycles. The lowest BCUT2D eigenvalue weighted by Crippen LogP contribution is -2.46. The summed E-state index contributed by atoms with van der Waals surface area (Å²) in [6, 6.07) is 4.87. The van der Waals surface area contributed by atoms with Crippen molar-refractivity contribution in [3.8, 4) is 0 Å². The predicted molar refractivity (Wildman–Crippen MR) is 101 cm³/mol. The maximum absolute atomic E-state index is 12.3. The number of carbonyl (C=O) groups excluding carboxylic acids is 1. The molecule has 0 aliphatic carbocycles. The van der Waals surface area contributed by atoms with Gasteiger partial charge < -0.3 is 15.1 Å². The highest BCUT2D eigenvalue weighted by atomic mass is 35.5. The van der Waals surface area contributed by atoms with Gasteiger partial charge in [0, 0.05) is 54.3 Å². The van der Waals surface area contributed by atoms with Gasteiger partial charge >= 0.3 is 0 Å². The molecular weight excluding hydrogens is 361 g/mol. The van der Waals surface area contributed by atoms with E-state index >= 15 is 0 Å². The summed E-state index contributed by atoms with van der Waals surface area (Å²) < 4.78 is 0. The monoisotopic (exact) mass is 379 g/mol. The molecule has 132 valence electrons. The molecule has 1 saturated heterocycles. The first-order chi connectivity index (χ1) is 12.0. The molecule has 1 aliphatic rings. The van der Waals surface area contributed by atoms with Gasteiger partial charge in [0.15, 0.2) is 0 Å². The third-order valence-electron chi connectivity index (χ3n) is 4.12. The van der Waals surface area contributed by atoms with Gasteiger partial charge in [-0.05, 0) is 24.7 Å². The van der Waals surface area contributed by atoms with Crippen molar-refractivity contribution in [2.75, 3.05) is 42.9 Å². The van der Waals surface area contributed by atoms with Gasteiger partial charge in [-0.1, -0.05) is 30.1 Å². The number of anilines is 2. The van der Waals surface area contributed by atoms with E-state index in [2.05, 4.69) is 32.0 Å². The zero-order valence-electron chi connectivity index (χ0n) is 13.9. The minimum Gasteiger partial charge on any atom is -0.338 e. The van der Waals surface area contributed by atoms with Gasteiger partial charge in [-0.25, -0.2) is 9.97 Å². The van der Waals surface area contributed by atoms with E-state index in [4.69, 9.17) is 23.2 Å². The molecule has 0 radical (unpaired) electrons. The summed E-state index contributed by atoms with van der Waals surface area (Å²) in [5.41, 5.74) is 0.911. The van der Waals surface area contributed by atoms with Gasteiger partial charge in [0.05, 0.1) is 5.56 Å². The lowest BCUT2D eigenvalue weighted by Gasteiger charge is -2.33. The molecule has 0 unspecified atom stereocenters. The van der Waals surface area contributed by atoms with Crippen LogP contribution in [0, 0.1) is 0 Å². The summed E-state index contributed by atoms with van der Waals surface area (Å²) in [7, 11) is 0. The number of hydrogen-bond acceptors (Lipinski definition) is 5. The Bertz CT molecular complexity index is 725. The number of piperazine rings is 1. The van der Waals surface area contributed by atoms with Gasteiger partial charge in [0.25, 0.3) is 5.91 Å². The van der Waals surface area contributed by atoms with Crippen LogP contribution in [0.15, 0.2) is 30.6 Å². The van der Waals surface area contributed by atoms with E-state index < -0.39 is 0 Å². The minimum absolute atomic E-state index is 0.305. The fourth-order valence-electron chi connectivity index (χ4n) is 2.70. The first-order valence-corrected chi connectivity index (χ1v) is 8.87. The molecule has 0 saturated carbocycles. The van der Waals surface area contributed by atoms with Crippen LogP contribution in [-0.2, 0) is 0 Å². The van der Waals surface area contributed by atoms with Crippen LogP contribution in [0.25, 0.3) is 0 Å². The fourth-order valence-corrected chi connectivity index (χ4v) is 3.22. The molecule has 1 aliphatic heterocycles. The van der Waals surface area contributed by atoms with Gasteiger partial charge in [-0.15, -0.1) is 0 Å². The van der Waals surface area contributed by atoms with Crippen LogP contribution in [0.1, 0.15) is 17.3 Å². The van der Waals surface area contributed by atoms with Crippen LogP contribution in [0.2, 0.25) is 10.0 Å². The van der Waals surface area contributed by atoms with Crippen molar-refractivity contribution in [1.29, 1.82) is 0 Å². The van der Waals surface area contributed by atoms with Crippen LogP contribution in [-0.4, -0.2) is 53.5 Å². The van der Waals surface area contributed by atoms with E-state index in [-0.39, 0.29) is 5.91 Å². The Morgan fingerprint density at radius 3 is 2.24 bits per heavy atom. The number of hydrogen-bond donors (Lipinski definition) is 1. The number of rotatable bonds is 4. The number of nitrogens with zero attached hydrogens (tertiary/aromatic N) is 4. The molecule has 0 bridgehead atoms. The zero-order valence-corrected chi connectivity index (χ0v) is 15.4. The van der Waals surface area contributed by atoms with E-state index in [1.165, 1.54) is 12.4 Å². The van der Waals surface area contributed by atoms with Crippen molar-refractivity contribution in [3.05, 3.63) is 46.2 Å². The fraction of sp³-hybridized carbons (Fsp3) is 0.353.